The van der Waals surface area contributed by atoms with E-state index >= 15 is 0 Å². The van der Waals surface area contributed by atoms with Crippen molar-refractivity contribution in [1.29, 1.82) is 0 Å². The number of nitrogens with one attached hydrogen (secondary N) is 3. The van der Waals surface area contributed by atoms with E-state index in [1.165, 1.54) is 0 Å². The number of esters is 1. The van der Waals surface area contributed by atoms with Crippen LogP contribution in [0.15, 0.2) is 140 Å². The second kappa shape index (κ2) is 20.2. The lowest BCUT2D eigenvalue weighted by molar-refractivity contribution is -0.149. The number of ether oxygens (including phenoxy) is 2. The number of aliphatic hydroxyl groups is 4. The van der Waals surface area contributed by atoms with Gasteiger partial charge in [-0.05, 0) is 38.9 Å². The summed E-state index contributed by atoms with van der Waals surface area (Å²) in [5.74, 6) is -1.06. The Bertz CT molecular complexity index is 2200. The summed E-state index contributed by atoms with van der Waals surface area (Å²) in [6, 6.07) is 37.8. The molecule has 5 aromatic rings. The van der Waals surface area contributed by atoms with Gasteiger partial charge in [0.2, 0.25) is 0 Å². The first-order valence-corrected chi connectivity index (χ1v) is 19.3. The lowest BCUT2D eigenvalue weighted by Crippen LogP contribution is -2.59. The van der Waals surface area contributed by atoms with E-state index in [1.54, 1.807) is 30.3 Å². The van der Waals surface area contributed by atoms with Crippen LogP contribution in [-0.4, -0.2) is 87.9 Å². The summed E-state index contributed by atoms with van der Waals surface area (Å²) in [6.45, 7) is -1.03. The van der Waals surface area contributed by atoms with Crippen LogP contribution in [0.5, 0.6) is 0 Å². The van der Waals surface area contributed by atoms with E-state index in [0.29, 0.717) is 5.56 Å². The molecule has 5 aromatic carbocycles. The fourth-order valence-electron chi connectivity index (χ4n) is 7.15. The van der Waals surface area contributed by atoms with Gasteiger partial charge in [0, 0.05) is 5.92 Å². The molecule has 0 aliphatic heterocycles. The number of fused-ring (bicyclic) bond motifs is 3. The lowest BCUT2D eigenvalue weighted by Gasteiger charge is -2.30. The molecule has 308 valence electrons. The summed E-state index contributed by atoms with van der Waals surface area (Å²) in [5, 5.41) is 49.9. The van der Waals surface area contributed by atoms with Crippen LogP contribution in [-0.2, 0) is 23.9 Å². The highest BCUT2D eigenvalue weighted by Crippen LogP contribution is 2.44. The highest BCUT2D eigenvalue weighted by Gasteiger charge is 2.38. The third-order valence-corrected chi connectivity index (χ3v) is 10.3. The van der Waals surface area contributed by atoms with Gasteiger partial charge in [0.05, 0.1) is 25.1 Å². The largest absolute Gasteiger partial charge is 0.452 e. The molecule has 13 heteroatoms. The molecule has 0 aromatic heterocycles. The average molecular weight is 812 g/mol. The van der Waals surface area contributed by atoms with Gasteiger partial charge in [0.25, 0.3) is 11.8 Å². The first kappa shape index (κ1) is 42.8. The Morgan fingerprint density at radius 2 is 1.13 bits per heavy atom. The van der Waals surface area contributed by atoms with Gasteiger partial charge < -0.3 is 40.5 Å². The van der Waals surface area contributed by atoms with Crippen LogP contribution in [0.2, 0.25) is 0 Å². The van der Waals surface area contributed by atoms with Crippen molar-refractivity contribution in [3.05, 3.63) is 167 Å². The van der Waals surface area contributed by atoms with Crippen molar-refractivity contribution in [1.82, 2.24) is 16.0 Å². The summed E-state index contributed by atoms with van der Waals surface area (Å²) in [4.78, 5) is 52.9. The maximum Gasteiger partial charge on any atom is 0.408 e. The fourth-order valence-corrected chi connectivity index (χ4v) is 7.15. The molecule has 3 amide bonds. The predicted octanol–water partition coefficient (Wildman–Crippen LogP) is 3.67. The number of carbonyl (C=O) groups is 4. The molecule has 6 rings (SSSR count). The smallest absolute Gasteiger partial charge is 0.408 e. The second-order valence-electron chi connectivity index (χ2n) is 14.2. The highest BCUT2D eigenvalue weighted by atomic mass is 16.6. The SMILES string of the molecule is C#C[C@H](NC(=O)OCC1c2ccccc2-c2ccccc21)C(=O)N[C@@H](CO)[C@@H](O)[C@@H](O)[C@H](O)C(=O)N[C@@H](CC(=O)OC(c1ccccc1)c1ccccc1)c1ccccc1. The summed E-state index contributed by atoms with van der Waals surface area (Å²) >= 11 is 0. The molecule has 0 unspecified atom stereocenters. The van der Waals surface area contributed by atoms with Gasteiger partial charge in [-0.2, -0.15) is 0 Å². The Morgan fingerprint density at radius 1 is 0.633 bits per heavy atom. The molecule has 0 bridgehead atoms. The number of terminal acetylenes is 1. The first-order chi connectivity index (χ1) is 29.1. The Hall–Kier alpha value is -6.82. The van der Waals surface area contributed by atoms with Crippen LogP contribution in [0, 0.1) is 12.3 Å². The Labute approximate surface area is 347 Å². The molecule has 6 atom stereocenters. The minimum absolute atomic E-state index is 0.0584. The Kier molecular flexibility index (Phi) is 14.4. The number of benzene rings is 5. The van der Waals surface area contributed by atoms with Crippen LogP contribution >= 0.6 is 0 Å². The van der Waals surface area contributed by atoms with Crippen molar-refractivity contribution in [3.63, 3.8) is 0 Å². The predicted molar refractivity (Wildman–Crippen MR) is 221 cm³/mol. The quantitative estimate of drug-likeness (QED) is 0.0537. The molecule has 0 spiro atoms. The summed E-state index contributed by atoms with van der Waals surface area (Å²) in [5.41, 5.74) is 5.91. The number of amides is 3. The number of hydrogen-bond acceptors (Lipinski definition) is 10. The van der Waals surface area contributed by atoms with E-state index in [1.807, 2.05) is 109 Å². The normalized spacial score (nSPS) is 14.8. The van der Waals surface area contributed by atoms with E-state index < -0.39 is 73.0 Å². The molecule has 0 heterocycles. The van der Waals surface area contributed by atoms with E-state index in [0.717, 1.165) is 33.4 Å². The molecular formula is C47H45N3O10. The Balaban J connectivity index is 1.05. The zero-order chi connectivity index (χ0) is 42.6. The third kappa shape index (κ3) is 10.2. The third-order valence-electron chi connectivity index (χ3n) is 10.3. The molecule has 13 nitrogen and oxygen atoms in total. The maximum atomic E-state index is 13.5. The Morgan fingerprint density at radius 3 is 1.65 bits per heavy atom. The minimum Gasteiger partial charge on any atom is -0.452 e. The first-order valence-electron chi connectivity index (χ1n) is 19.3. The molecular weight excluding hydrogens is 767 g/mol. The van der Waals surface area contributed by atoms with Crippen LogP contribution in [0.4, 0.5) is 4.79 Å². The van der Waals surface area contributed by atoms with Crippen molar-refractivity contribution >= 4 is 23.9 Å². The van der Waals surface area contributed by atoms with Gasteiger partial charge in [-0.1, -0.05) is 145 Å². The molecule has 0 saturated carbocycles. The standard InChI is InChI=1S/C47H45N3O10/c1-2-37(50-47(58)59-28-36-34-24-14-12-22-32(34)33-23-13-15-25-35(33)36)45(56)49-39(27-51)41(53)42(54)43(55)46(57)48-38(29-16-6-3-7-17-29)26-40(52)60-44(30-18-8-4-9-19-30)31-20-10-5-11-21-31/h1,3-25,36-39,41-44,51,53-55H,26-28H2,(H,48,57)(H,49,56)(H,50,58)/t37-,38-,39-,41+,42+,43-/m0/s1. The van der Waals surface area contributed by atoms with Crippen molar-refractivity contribution < 1.29 is 49.1 Å². The summed E-state index contributed by atoms with van der Waals surface area (Å²) < 4.78 is 11.4. The molecule has 60 heavy (non-hydrogen) atoms. The lowest BCUT2D eigenvalue weighted by atomic mass is 9.98. The van der Waals surface area contributed by atoms with Crippen LogP contribution < -0.4 is 16.0 Å². The van der Waals surface area contributed by atoms with Gasteiger partial charge in [0.15, 0.2) is 18.2 Å². The number of hydrogen-bond donors (Lipinski definition) is 7. The number of alkyl carbamates (subject to hydrolysis) is 1. The second-order valence-corrected chi connectivity index (χ2v) is 14.2. The number of carbonyl (C=O) groups excluding carboxylic acids is 4. The molecule has 7 N–H and O–H groups in total. The van der Waals surface area contributed by atoms with Gasteiger partial charge >= 0.3 is 12.1 Å². The average Bonchev–Trinajstić information content (AvgIpc) is 3.61. The molecule has 1 aliphatic rings. The van der Waals surface area contributed by atoms with Crippen molar-refractivity contribution in [2.24, 2.45) is 0 Å². The topological polar surface area (TPSA) is 204 Å². The maximum absolute atomic E-state index is 13.5. The monoisotopic (exact) mass is 811 g/mol. The van der Waals surface area contributed by atoms with Gasteiger partial charge in [-0.3, -0.25) is 19.7 Å². The summed E-state index contributed by atoms with van der Waals surface area (Å²) in [7, 11) is 0. The van der Waals surface area contributed by atoms with E-state index in [-0.39, 0.29) is 18.9 Å². The molecule has 0 fully saturated rings. The number of aliphatic hydroxyl groups excluding tert-OH is 4. The van der Waals surface area contributed by atoms with Crippen LogP contribution in [0.3, 0.4) is 0 Å². The van der Waals surface area contributed by atoms with Crippen LogP contribution in [0.25, 0.3) is 11.1 Å². The van der Waals surface area contributed by atoms with Gasteiger partial charge in [0.1, 0.15) is 18.8 Å². The molecule has 1 aliphatic carbocycles. The number of rotatable bonds is 17. The zero-order valence-corrected chi connectivity index (χ0v) is 32.3. The van der Waals surface area contributed by atoms with Gasteiger partial charge in [-0.25, -0.2) is 4.79 Å². The molecule has 0 saturated heterocycles. The van der Waals surface area contributed by atoms with Crippen molar-refractivity contribution in [2.75, 3.05) is 13.2 Å². The fraction of sp³-hybridized carbons (Fsp3) is 0.234. The molecule has 0 radical (unpaired) electrons. The highest BCUT2D eigenvalue weighted by molar-refractivity contribution is 5.89. The van der Waals surface area contributed by atoms with Gasteiger partial charge in [-0.15, -0.1) is 6.42 Å². The van der Waals surface area contributed by atoms with Crippen molar-refractivity contribution in [2.45, 2.75) is 54.9 Å². The summed E-state index contributed by atoms with van der Waals surface area (Å²) in [6.07, 6.45) is -3.29. The van der Waals surface area contributed by atoms with E-state index in [9.17, 15) is 39.6 Å². The van der Waals surface area contributed by atoms with Crippen LogP contribution in [0.1, 0.15) is 52.3 Å². The zero-order valence-electron chi connectivity index (χ0n) is 32.3. The van der Waals surface area contributed by atoms with Crippen molar-refractivity contribution in [3.8, 4) is 23.5 Å². The van der Waals surface area contributed by atoms with E-state index in [2.05, 4.69) is 21.9 Å². The minimum atomic E-state index is -2.31. The van der Waals surface area contributed by atoms with E-state index in [4.69, 9.17) is 15.9 Å².